The average molecular weight is 250 g/mol. The Balaban J connectivity index is 1.91. The first-order chi connectivity index (χ1) is 8.85. The Morgan fingerprint density at radius 1 is 1.50 bits per heavy atom. The Morgan fingerprint density at radius 3 is 3.00 bits per heavy atom. The lowest BCUT2D eigenvalue weighted by molar-refractivity contribution is -0.0682. The van der Waals surface area contributed by atoms with Crippen molar-refractivity contribution in [3.8, 4) is 0 Å². The van der Waals surface area contributed by atoms with Crippen molar-refractivity contribution in [2.24, 2.45) is 5.73 Å². The first-order valence-corrected chi connectivity index (χ1v) is 6.92. The van der Waals surface area contributed by atoms with E-state index in [1.54, 1.807) is 0 Å². The summed E-state index contributed by atoms with van der Waals surface area (Å²) in [6.45, 7) is 5.55. The smallest absolute Gasteiger partial charge is 0.0951 e. The highest BCUT2D eigenvalue weighted by atomic mass is 16.5. The van der Waals surface area contributed by atoms with Gasteiger partial charge in [-0.2, -0.15) is 0 Å². The normalized spacial score (nSPS) is 29.7. The molecule has 3 rings (SSSR count). The summed E-state index contributed by atoms with van der Waals surface area (Å²) in [4.78, 5) is 6.79. The summed E-state index contributed by atoms with van der Waals surface area (Å²) in [7, 11) is 0. The molecule has 1 aliphatic heterocycles. The maximum Gasteiger partial charge on any atom is 0.0951 e. The summed E-state index contributed by atoms with van der Waals surface area (Å²) in [5, 5.41) is 0. The molecule has 18 heavy (non-hydrogen) atoms. The van der Waals surface area contributed by atoms with Crippen molar-refractivity contribution in [2.45, 2.75) is 38.0 Å². The van der Waals surface area contributed by atoms with Crippen LogP contribution in [0.4, 0.5) is 0 Å². The highest BCUT2D eigenvalue weighted by molar-refractivity contribution is 5.12. The molecule has 2 aliphatic rings. The van der Waals surface area contributed by atoms with E-state index in [0.29, 0.717) is 12.6 Å². The van der Waals surface area contributed by atoms with Gasteiger partial charge in [0, 0.05) is 25.3 Å². The van der Waals surface area contributed by atoms with E-state index in [1.807, 2.05) is 12.5 Å². The minimum atomic E-state index is 0.0906. The lowest BCUT2D eigenvalue weighted by Gasteiger charge is -2.40. The van der Waals surface area contributed by atoms with Gasteiger partial charge in [-0.25, -0.2) is 4.98 Å². The standard InChI is InChI=1S/C13H22N4O/c1-2-16-5-6-18-12(7-14)13(16)11-8-15-9-17(11)10-3-4-10/h8-10,12-13H,2-7,14H2,1H3. The van der Waals surface area contributed by atoms with Crippen molar-refractivity contribution >= 4 is 0 Å². The number of morpholine rings is 1. The summed E-state index contributed by atoms with van der Waals surface area (Å²) < 4.78 is 8.17. The van der Waals surface area contributed by atoms with Gasteiger partial charge in [0.05, 0.1) is 30.8 Å². The summed E-state index contributed by atoms with van der Waals surface area (Å²) in [5.74, 6) is 0. The molecular formula is C13H22N4O. The van der Waals surface area contributed by atoms with E-state index in [4.69, 9.17) is 10.5 Å². The molecule has 1 aromatic heterocycles. The van der Waals surface area contributed by atoms with Crippen molar-refractivity contribution in [2.75, 3.05) is 26.2 Å². The van der Waals surface area contributed by atoms with Crippen molar-refractivity contribution in [3.63, 3.8) is 0 Å². The molecule has 5 nitrogen and oxygen atoms in total. The van der Waals surface area contributed by atoms with Gasteiger partial charge in [0.1, 0.15) is 0 Å². The summed E-state index contributed by atoms with van der Waals surface area (Å²) in [6.07, 6.45) is 6.59. The highest BCUT2D eigenvalue weighted by Crippen LogP contribution is 2.39. The molecule has 0 spiro atoms. The SMILES string of the molecule is CCN1CCOC(CN)C1c1cncn1C1CC1. The Hall–Kier alpha value is -0.910. The molecule has 5 heteroatoms. The Morgan fingerprint density at radius 2 is 2.33 bits per heavy atom. The Labute approximate surface area is 108 Å². The molecule has 2 unspecified atom stereocenters. The maximum atomic E-state index is 5.88. The van der Waals surface area contributed by atoms with Gasteiger partial charge >= 0.3 is 0 Å². The van der Waals surface area contributed by atoms with Crippen molar-refractivity contribution in [1.82, 2.24) is 14.5 Å². The van der Waals surface area contributed by atoms with Crippen LogP contribution in [0.5, 0.6) is 0 Å². The lowest BCUT2D eigenvalue weighted by atomic mass is 10.0. The predicted molar refractivity (Wildman–Crippen MR) is 69.3 cm³/mol. The van der Waals surface area contributed by atoms with E-state index in [2.05, 4.69) is 21.4 Å². The third-order valence-corrected chi connectivity index (χ3v) is 4.03. The molecule has 2 N–H and O–H groups in total. The highest BCUT2D eigenvalue weighted by Gasteiger charge is 2.36. The second kappa shape index (κ2) is 4.99. The van der Waals surface area contributed by atoms with E-state index in [-0.39, 0.29) is 12.1 Å². The number of hydrogen-bond acceptors (Lipinski definition) is 4. The number of imidazole rings is 1. The van der Waals surface area contributed by atoms with E-state index in [9.17, 15) is 0 Å². The molecule has 2 heterocycles. The fourth-order valence-electron chi connectivity index (χ4n) is 2.92. The first-order valence-electron chi connectivity index (χ1n) is 6.92. The first kappa shape index (κ1) is 12.1. The van der Waals surface area contributed by atoms with Gasteiger partial charge in [0.15, 0.2) is 0 Å². The third-order valence-electron chi connectivity index (χ3n) is 4.03. The Bertz CT molecular complexity index is 389. The minimum Gasteiger partial charge on any atom is -0.374 e. The molecule has 0 amide bonds. The van der Waals surface area contributed by atoms with Gasteiger partial charge < -0.3 is 15.0 Å². The van der Waals surface area contributed by atoms with Crippen LogP contribution in [-0.4, -0.2) is 46.8 Å². The van der Waals surface area contributed by atoms with Crippen molar-refractivity contribution in [1.29, 1.82) is 0 Å². The van der Waals surface area contributed by atoms with Crippen LogP contribution < -0.4 is 5.73 Å². The largest absolute Gasteiger partial charge is 0.374 e. The number of nitrogens with two attached hydrogens (primary N) is 1. The predicted octanol–water partition coefficient (Wildman–Crippen LogP) is 0.939. The zero-order valence-corrected chi connectivity index (χ0v) is 11.0. The van der Waals surface area contributed by atoms with Crippen LogP contribution >= 0.6 is 0 Å². The van der Waals surface area contributed by atoms with Gasteiger partial charge in [-0.3, -0.25) is 4.90 Å². The number of rotatable bonds is 4. The van der Waals surface area contributed by atoms with Crippen molar-refractivity contribution in [3.05, 3.63) is 18.2 Å². The van der Waals surface area contributed by atoms with E-state index in [1.165, 1.54) is 18.5 Å². The number of ether oxygens (including phenoxy) is 1. The minimum absolute atomic E-state index is 0.0906. The zero-order valence-electron chi connectivity index (χ0n) is 11.0. The monoisotopic (exact) mass is 250 g/mol. The van der Waals surface area contributed by atoms with Gasteiger partial charge in [0.2, 0.25) is 0 Å². The molecule has 2 atom stereocenters. The second-order valence-electron chi connectivity index (χ2n) is 5.18. The fourth-order valence-corrected chi connectivity index (χ4v) is 2.92. The van der Waals surface area contributed by atoms with Crippen LogP contribution in [0, 0.1) is 0 Å². The fraction of sp³-hybridized carbons (Fsp3) is 0.769. The summed E-state index contributed by atoms with van der Waals surface area (Å²) in [5.41, 5.74) is 7.15. The number of aromatic nitrogens is 2. The van der Waals surface area contributed by atoms with Crippen LogP contribution in [0.3, 0.4) is 0 Å². The average Bonchev–Trinajstić information content (AvgIpc) is 3.15. The molecule has 0 aromatic carbocycles. The van der Waals surface area contributed by atoms with Gasteiger partial charge in [-0.1, -0.05) is 6.92 Å². The van der Waals surface area contributed by atoms with Crippen LogP contribution in [0.2, 0.25) is 0 Å². The number of likely N-dealkylation sites (N-methyl/N-ethyl adjacent to an activating group) is 1. The summed E-state index contributed by atoms with van der Waals surface area (Å²) in [6, 6.07) is 0.915. The maximum absolute atomic E-state index is 5.88. The quantitative estimate of drug-likeness (QED) is 0.864. The van der Waals surface area contributed by atoms with Gasteiger partial charge in [-0.15, -0.1) is 0 Å². The molecule has 100 valence electrons. The van der Waals surface area contributed by atoms with E-state index >= 15 is 0 Å². The van der Waals surface area contributed by atoms with E-state index < -0.39 is 0 Å². The van der Waals surface area contributed by atoms with E-state index in [0.717, 1.165) is 19.7 Å². The topological polar surface area (TPSA) is 56.3 Å². The van der Waals surface area contributed by atoms with Crippen LogP contribution in [-0.2, 0) is 4.74 Å². The zero-order chi connectivity index (χ0) is 12.5. The molecule has 0 radical (unpaired) electrons. The van der Waals surface area contributed by atoms with Crippen LogP contribution in [0.15, 0.2) is 12.5 Å². The van der Waals surface area contributed by atoms with Crippen LogP contribution in [0.1, 0.15) is 37.5 Å². The summed E-state index contributed by atoms with van der Waals surface area (Å²) >= 11 is 0. The van der Waals surface area contributed by atoms with Crippen molar-refractivity contribution < 1.29 is 4.74 Å². The van der Waals surface area contributed by atoms with Gasteiger partial charge in [-0.05, 0) is 19.4 Å². The van der Waals surface area contributed by atoms with Gasteiger partial charge in [0.25, 0.3) is 0 Å². The number of hydrogen-bond donors (Lipinski definition) is 1. The lowest BCUT2D eigenvalue weighted by Crippen LogP contribution is -2.48. The van der Waals surface area contributed by atoms with Crippen LogP contribution in [0.25, 0.3) is 0 Å². The molecule has 2 fully saturated rings. The molecule has 1 saturated heterocycles. The Kier molecular flexibility index (Phi) is 3.37. The molecule has 1 saturated carbocycles. The third kappa shape index (κ3) is 2.06. The molecule has 1 aromatic rings. The number of nitrogens with zero attached hydrogens (tertiary/aromatic N) is 3. The molecule has 1 aliphatic carbocycles. The molecule has 0 bridgehead atoms. The molecular weight excluding hydrogens is 228 g/mol. The second-order valence-corrected chi connectivity index (χ2v) is 5.18.